The summed E-state index contributed by atoms with van der Waals surface area (Å²) >= 11 is 0. The van der Waals surface area contributed by atoms with Gasteiger partial charge in [-0.3, -0.25) is 4.99 Å². The Morgan fingerprint density at radius 2 is 1.32 bits per heavy atom. The summed E-state index contributed by atoms with van der Waals surface area (Å²) in [5.74, 6) is 0. The van der Waals surface area contributed by atoms with Crippen LogP contribution in [-0.2, 0) is 10.2 Å². The van der Waals surface area contributed by atoms with E-state index in [0.717, 1.165) is 41.9 Å². The first kappa shape index (κ1) is 39.2. The molecule has 1 aliphatic heterocycles. The fourth-order valence-electron chi connectivity index (χ4n) is 7.00. The van der Waals surface area contributed by atoms with E-state index < -0.39 is 5.41 Å². The molecule has 0 fully saturated rings. The van der Waals surface area contributed by atoms with E-state index in [-0.39, 0.29) is 35.6 Å². The number of halogens is 1. The smallest absolute Gasteiger partial charge is 0.144 e. The van der Waals surface area contributed by atoms with Gasteiger partial charge in [0.2, 0.25) is 0 Å². The van der Waals surface area contributed by atoms with E-state index in [2.05, 4.69) is 139 Å². The molecular formula is C48H50IN3O. The standard InChI is InChI=1S/C41H41N3O.C7H8.HI/c1-32-38(39(42-2)44-37-22-10-5-11-23-37)24-12-13-27-45-31-41(32)26-15-17-34(29-41)33-16-14-25-40(28-33,35-18-6-3-7-19-35)30-43-36-20-8-4-9-21-36;1-7-5-3-2-4-6-7;/h3-24,28-29,39,43-44H,1-2,25-27,30-31H2;2-6H,1H3;1H/b13-12-,38-24+;;. The number of hydrogen-bond acceptors (Lipinski definition) is 4. The predicted octanol–water partition coefficient (Wildman–Crippen LogP) is 11.6. The molecule has 0 saturated heterocycles. The highest BCUT2D eigenvalue weighted by Gasteiger charge is 2.38. The second-order valence-electron chi connectivity index (χ2n) is 13.6. The van der Waals surface area contributed by atoms with Gasteiger partial charge in [-0.2, -0.15) is 0 Å². The number of benzene rings is 4. The topological polar surface area (TPSA) is 45.7 Å². The lowest BCUT2D eigenvalue weighted by Crippen LogP contribution is -2.35. The third-order valence-corrected chi connectivity index (χ3v) is 9.92. The van der Waals surface area contributed by atoms with Gasteiger partial charge >= 0.3 is 0 Å². The molecule has 0 amide bonds. The summed E-state index contributed by atoms with van der Waals surface area (Å²) in [4.78, 5) is 4.51. The van der Waals surface area contributed by atoms with E-state index in [1.54, 1.807) is 0 Å². The molecule has 0 saturated carbocycles. The molecule has 4 aromatic carbocycles. The van der Waals surface area contributed by atoms with Crippen molar-refractivity contribution in [2.24, 2.45) is 10.4 Å². The van der Waals surface area contributed by atoms with Crippen LogP contribution < -0.4 is 10.6 Å². The zero-order chi connectivity index (χ0) is 36.1. The van der Waals surface area contributed by atoms with Crippen molar-refractivity contribution >= 4 is 42.1 Å². The fourth-order valence-corrected chi connectivity index (χ4v) is 7.00. The van der Waals surface area contributed by atoms with Crippen LogP contribution in [0.1, 0.15) is 24.0 Å². The monoisotopic (exact) mass is 811 g/mol. The normalized spacial score (nSPS) is 22.7. The SMILES string of the molecule is C=NC(Nc1ccccc1)/C1=C/C=C\COCC2(C=C(C3=CC(CNc4ccccc4)(c4ccccc4)CC=C3)C=CC2)C1=C.Cc1ccccc1.I. The quantitative estimate of drug-likeness (QED) is 0.131. The summed E-state index contributed by atoms with van der Waals surface area (Å²) < 4.78 is 6.26. The Kier molecular flexibility index (Phi) is 14.2. The van der Waals surface area contributed by atoms with Gasteiger partial charge in [-0.05, 0) is 78.6 Å². The van der Waals surface area contributed by atoms with Gasteiger partial charge in [0.05, 0.1) is 13.2 Å². The third-order valence-electron chi connectivity index (χ3n) is 9.92. The average Bonchev–Trinajstić information content (AvgIpc) is 3.27. The lowest BCUT2D eigenvalue weighted by Gasteiger charge is -2.38. The summed E-state index contributed by atoms with van der Waals surface area (Å²) in [6, 6.07) is 41.7. The van der Waals surface area contributed by atoms with Crippen LogP contribution in [0.15, 0.2) is 210 Å². The second-order valence-corrected chi connectivity index (χ2v) is 13.6. The van der Waals surface area contributed by atoms with E-state index in [0.29, 0.717) is 13.2 Å². The summed E-state index contributed by atoms with van der Waals surface area (Å²) in [6.07, 6.45) is 21.5. The van der Waals surface area contributed by atoms with Crippen molar-refractivity contribution in [1.29, 1.82) is 0 Å². The van der Waals surface area contributed by atoms with Crippen molar-refractivity contribution < 1.29 is 4.74 Å². The summed E-state index contributed by atoms with van der Waals surface area (Å²) in [5.41, 5.74) is 8.43. The molecule has 1 spiro atoms. The van der Waals surface area contributed by atoms with Crippen molar-refractivity contribution in [1.82, 2.24) is 0 Å². The van der Waals surface area contributed by atoms with Gasteiger partial charge < -0.3 is 15.4 Å². The van der Waals surface area contributed by atoms with Crippen LogP contribution in [0.3, 0.4) is 0 Å². The van der Waals surface area contributed by atoms with Gasteiger partial charge in [-0.1, -0.05) is 164 Å². The van der Waals surface area contributed by atoms with E-state index in [9.17, 15) is 0 Å². The molecule has 270 valence electrons. The van der Waals surface area contributed by atoms with Gasteiger partial charge in [0.1, 0.15) is 6.17 Å². The van der Waals surface area contributed by atoms with E-state index in [1.807, 2.05) is 66.7 Å². The Morgan fingerprint density at radius 3 is 1.94 bits per heavy atom. The van der Waals surface area contributed by atoms with E-state index in [1.165, 1.54) is 22.3 Å². The van der Waals surface area contributed by atoms with Crippen LogP contribution >= 0.6 is 24.0 Å². The Morgan fingerprint density at radius 1 is 0.736 bits per heavy atom. The Labute approximate surface area is 333 Å². The number of aryl methyl sites for hydroxylation is 1. The molecule has 7 rings (SSSR count). The highest BCUT2D eigenvalue weighted by atomic mass is 127. The first-order valence-corrected chi connectivity index (χ1v) is 18.1. The molecule has 3 unspecified atom stereocenters. The average molecular weight is 812 g/mol. The predicted molar refractivity (Wildman–Crippen MR) is 236 cm³/mol. The molecule has 3 atom stereocenters. The molecule has 0 bridgehead atoms. The number of nitrogens with one attached hydrogen (secondary N) is 2. The fraction of sp³-hybridized carbons (Fsp3) is 0.188. The largest absolute Gasteiger partial charge is 0.384 e. The van der Waals surface area contributed by atoms with E-state index in [4.69, 9.17) is 11.3 Å². The Bertz CT molecular complexity index is 1980. The Balaban J connectivity index is 0.000000608. The summed E-state index contributed by atoms with van der Waals surface area (Å²) in [5, 5.41) is 7.27. The highest BCUT2D eigenvalue weighted by molar-refractivity contribution is 14.0. The van der Waals surface area contributed by atoms with Gasteiger partial charge in [0, 0.05) is 28.7 Å². The number of rotatable bonds is 9. The molecule has 5 heteroatoms. The summed E-state index contributed by atoms with van der Waals surface area (Å²) in [6.45, 7) is 12.6. The second kappa shape index (κ2) is 19.2. The van der Waals surface area contributed by atoms with Crippen LogP contribution in [0.25, 0.3) is 0 Å². The minimum absolute atomic E-state index is 0. The molecule has 3 aliphatic rings. The molecule has 2 aliphatic carbocycles. The minimum Gasteiger partial charge on any atom is -0.384 e. The number of ether oxygens (including phenoxy) is 1. The minimum atomic E-state index is -0.437. The number of hydrogen-bond donors (Lipinski definition) is 2. The molecule has 2 N–H and O–H groups in total. The van der Waals surface area contributed by atoms with Crippen LogP contribution in [0.2, 0.25) is 0 Å². The van der Waals surface area contributed by atoms with Crippen molar-refractivity contribution in [3.8, 4) is 0 Å². The lowest BCUT2D eigenvalue weighted by molar-refractivity contribution is 0.106. The van der Waals surface area contributed by atoms with Crippen molar-refractivity contribution in [3.05, 3.63) is 216 Å². The number of aliphatic imine (C=N–C) groups is 1. The van der Waals surface area contributed by atoms with Gasteiger partial charge in [-0.15, -0.1) is 24.0 Å². The van der Waals surface area contributed by atoms with Crippen molar-refractivity contribution in [3.63, 3.8) is 0 Å². The molecular weight excluding hydrogens is 761 g/mol. The van der Waals surface area contributed by atoms with Crippen LogP contribution in [0, 0.1) is 12.3 Å². The van der Waals surface area contributed by atoms with Crippen LogP contribution in [-0.4, -0.2) is 32.6 Å². The zero-order valence-corrected chi connectivity index (χ0v) is 32.9. The molecule has 4 nitrogen and oxygen atoms in total. The third kappa shape index (κ3) is 10.1. The van der Waals surface area contributed by atoms with Crippen molar-refractivity contribution in [2.45, 2.75) is 31.3 Å². The number of nitrogens with zero attached hydrogens (tertiary/aromatic N) is 1. The van der Waals surface area contributed by atoms with Gasteiger partial charge in [0.25, 0.3) is 0 Å². The Hall–Kier alpha value is -4.98. The molecule has 0 aromatic heterocycles. The molecule has 1 heterocycles. The maximum absolute atomic E-state index is 6.26. The maximum Gasteiger partial charge on any atom is 0.144 e. The molecule has 53 heavy (non-hydrogen) atoms. The molecule has 4 aromatic rings. The van der Waals surface area contributed by atoms with E-state index >= 15 is 0 Å². The number of anilines is 2. The summed E-state index contributed by atoms with van der Waals surface area (Å²) in [7, 11) is 0. The maximum atomic E-state index is 6.26. The van der Waals surface area contributed by atoms with Crippen LogP contribution in [0.4, 0.5) is 11.4 Å². The first-order valence-electron chi connectivity index (χ1n) is 18.1. The van der Waals surface area contributed by atoms with Crippen molar-refractivity contribution in [2.75, 3.05) is 30.4 Å². The first-order chi connectivity index (χ1) is 25.5. The van der Waals surface area contributed by atoms with Gasteiger partial charge in [0.15, 0.2) is 0 Å². The molecule has 0 radical (unpaired) electrons. The van der Waals surface area contributed by atoms with Crippen LogP contribution in [0.5, 0.6) is 0 Å². The number of allylic oxidation sites excluding steroid dienone is 8. The zero-order valence-electron chi connectivity index (χ0n) is 30.5. The number of para-hydroxylation sites is 2. The lowest BCUT2D eigenvalue weighted by atomic mass is 9.68. The van der Waals surface area contributed by atoms with Gasteiger partial charge in [-0.25, -0.2) is 0 Å². The highest BCUT2D eigenvalue weighted by Crippen LogP contribution is 2.45.